The molecule has 176 valence electrons. The van der Waals surface area contributed by atoms with Crippen LogP contribution in [0.1, 0.15) is 51.0 Å². The highest BCUT2D eigenvalue weighted by atomic mass is 79.9. The van der Waals surface area contributed by atoms with Crippen molar-refractivity contribution in [2.75, 3.05) is 20.0 Å². The molecule has 1 aromatic carbocycles. The Bertz CT molecular complexity index is 1060. The number of halogens is 1. The molecule has 8 heteroatoms. The topological polar surface area (TPSA) is 83.1 Å². The molecule has 0 saturated carbocycles. The van der Waals surface area contributed by atoms with Crippen LogP contribution in [-0.4, -0.2) is 37.9 Å². The monoisotopic (exact) mass is 517 g/mol. The van der Waals surface area contributed by atoms with Crippen LogP contribution in [0.5, 0.6) is 11.5 Å². The first-order chi connectivity index (χ1) is 15.7. The number of esters is 1. The van der Waals surface area contributed by atoms with Crippen molar-refractivity contribution in [1.29, 1.82) is 0 Å². The maximum Gasteiger partial charge on any atom is 0.315 e. The molecule has 5 rings (SSSR count). The average molecular weight is 518 g/mol. The number of nitrogens with one attached hydrogen (secondary N) is 1. The van der Waals surface area contributed by atoms with Gasteiger partial charge in [0.05, 0.1) is 6.10 Å². The predicted octanol–water partition coefficient (Wildman–Crippen LogP) is 4.36. The van der Waals surface area contributed by atoms with Crippen molar-refractivity contribution in [3.05, 3.63) is 45.7 Å². The summed E-state index contributed by atoms with van der Waals surface area (Å²) in [5.74, 6) is -0.463. The van der Waals surface area contributed by atoms with Gasteiger partial charge in [0.2, 0.25) is 6.79 Å². The highest BCUT2D eigenvalue weighted by Gasteiger charge is 2.47. The molecule has 1 aromatic rings. The second-order valence-electron chi connectivity index (χ2n) is 9.93. The number of ketones is 1. The molecular formula is C25H28BrNO6. The van der Waals surface area contributed by atoms with Crippen LogP contribution in [0.25, 0.3) is 0 Å². The largest absolute Gasteiger partial charge is 0.462 e. The van der Waals surface area contributed by atoms with E-state index in [-0.39, 0.29) is 30.7 Å². The first-order valence-electron chi connectivity index (χ1n) is 11.3. The molecule has 33 heavy (non-hydrogen) atoms. The molecule has 0 amide bonds. The summed E-state index contributed by atoms with van der Waals surface area (Å²) in [7, 11) is 0. The van der Waals surface area contributed by atoms with Crippen molar-refractivity contribution in [1.82, 2.24) is 5.32 Å². The third kappa shape index (κ3) is 4.19. The van der Waals surface area contributed by atoms with E-state index in [0.29, 0.717) is 42.2 Å². The lowest BCUT2D eigenvalue weighted by Crippen LogP contribution is -2.44. The van der Waals surface area contributed by atoms with Gasteiger partial charge in [-0.05, 0) is 42.4 Å². The van der Waals surface area contributed by atoms with Crippen LogP contribution >= 0.6 is 15.9 Å². The maximum absolute atomic E-state index is 13.4. The van der Waals surface area contributed by atoms with E-state index < -0.39 is 17.8 Å². The molecule has 3 aliphatic heterocycles. The lowest BCUT2D eigenvalue weighted by molar-refractivity contribution is -0.151. The van der Waals surface area contributed by atoms with Crippen LogP contribution < -0.4 is 14.8 Å². The zero-order valence-corrected chi connectivity index (χ0v) is 20.5. The average Bonchev–Trinajstić information content (AvgIpc) is 3.41. The minimum Gasteiger partial charge on any atom is -0.462 e. The molecule has 3 unspecified atom stereocenters. The molecule has 1 fully saturated rings. The summed E-state index contributed by atoms with van der Waals surface area (Å²) in [5.41, 5.74) is 2.60. The fourth-order valence-electron chi connectivity index (χ4n) is 5.27. The SMILES string of the molecule is C=C1NC2=C(C(=O)CC(C)(C)C2)C(c2cc3c(cc2Br)OCO3)C1C(=O)OCC1CCCO1. The maximum atomic E-state index is 13.4. The Morgan fingerprint density at radius 2 is 2.03 bits per heavy atom. The van der Waals surface area contributed by atoms with Gasteiger partial charge in [-0.3, -0.25) is 9.59 Å². The van der Waals surface area contributed by atoms with Crippen molar-refractivity contribution in [3.8, 4) is 11.5 Å². The van der Waals surface area contributed by atoms with E-state index in [4.69, 9.17) is 18.9 Å². The normalized spacial score (nSPS) is 27.9. The van der Waals surface area contributed by atoms with E-state index in [1.54, 1.807) is 0 Å². The van der Waals surface area contributed by atoms with Crippen molar-refractivity contribution >= 4 is 27.7 Å². The summed E-state index contributed by atoms with van der Waals surface area (Å²) in [5, 5.41) is 3.30. The number of rotatable bonds is 4. The molecule has 3 heterocycles. The van der Waals surface area contributed by atoms with E-state index in [2.05, 4.69) is 41.7 Å². The Morgan fingerprint density at radius 3 is 2.76 bits per heavy atom. The number of fused-ring (bicyclic) bond motifs is 1. The molecule has 1 N–H and O–H groups in total. The van der Waals surface area contributed by atoms with Crippen LogP contribution in [0.15, 0.2) is 40.2 Å². The Hall–Kier alpha value is -2.32. The molecule has 1 saturated heterocycles. The Kier molecular flexibility index (Phi) is 5.77. The highest BCUT2D eigenvalue weighted by Crippen LogP contribution is 2.51. The van der Waals surface area contributed by atoms with E-state index in [1.807, 2.05) is 12.1 Å². The van der Waals surface area contributed by atoms with Crippen LogP contribution in [0.4, 0.5) is 0 Å². The molecular weight excluding hydrogens is 490 g/mol. The molecule has 7 nitrogen and oxygen atoms in total. The van der Waals surface area contributed by atoms with Crippen LogP contribution in [0.3, 0.4) is 0 Å². The van der Waals surface area contributed by atoms with Gasteiger partial charge in [0, 0.05) is 40.4 Å². The van der Waals surface area contributed by atoms with Gasteiger partial charge >= 0.3 is 5.97 Å². The standard InChI is InChI=1S/C25H28BrNO6/c1-13-21(24(29)31-11-14-5-4-6-30-14)22(15-7-19-20(8-16(15)26)33-12-32-19)23-17(27-13)9-25(2,3)10-18(23)28/h7-8,14,21-22,27H,1,4-6,9-12H2,2-3H3. The lowest BCUT2D eigenvalue weighted by atomic mass is 9.66. The Labute approximate surface area is 201 Å². The van der Waals surface area contributed by atoms with Gasteiger partial charge in [-0.1, -0.05) is 36.4 Å². The molecule has 0 aromatic heterocycles. The summed E-state index contributed by atoms with van der Waals surface area (Å²) in [6, 6.07) is 3.68. The minimum atomic E-state index is -0.757. The minimum absolute atomic E-state index is 0.0349. The zero-order valence-electron chi connectivity index (χ0n) is 18.9. The number of hydrogen-bond donors (Lipinski definition) is 1. The first-order valence-corrected chi connectivity index (χ1v) is 12.1. The highest BCUT2D eigenvalue weighted by molar-refractivity contribution is 9.10. The molecule has 0 spiro atoms. The third-order valence-corrected chi connectivity index (χ3v) is 7.45. The third-order valence-electron chi connectivity index (χ3n) is 6.77. The Balaban J connectivity index is 1.56. The second-order valence-corrected chi connectivity index (χ2v) is 10.8. The van der Waals surface area contributed by atoms with Crippen molar-refractivity contribution in [3.63, 3.8) is 0 Å². The van der Waals surface area contributed by atoms with Crippen molar-refractivity contribution < 1.29 is 28.5 Å². The second kappa shape index (κ2) is 8.47. The van der Waals surface area contributed by atoms with Gasteiger partial charge in [0.1, 0.15) is 12.5 Å². The summed E-state index contributed by atoms with van der Waals surface area (Å²) in [6.45, 7) is 9.35. The summed E-state index contributed by atoms with van der Waals surface area (Å²) < 4.78 is 23.2. The van der Waals surface area contributed by atoms with E-state index >= 15 is 0 Å². The van der Waals surface area contributed by atoms with Gasteiger partial charge in [-0.15, -0.1) is 0 Å². The number of allylic oxidation sites excluding steroid dienone is 2. The lowest BCUT2D eigenvalue weighted by Gasteiger charge is -2.42. The molecule has 0 radical (unpaired) electrons. The molecule has 1 aliphatic carbocycles. The van der Waals surface area contributed by atoms with Crippen molar-refractivity contribution in [2.24, 2.45) is 11.3 Å². The van der Waals surface area contributed by atoms with E-state index in [9.17, 15) is 9.59 Å². The molecule has 4 aliphatic rings. The van der Waals surface area contributed by atoms with Crippen LogP contribution in [0.2, 0.25) is 0 Å². The van der Waals surface area contributed by atoms with Crippen molar-refractivity contribution in [2.45, 2.75) is 51.6 Å². The predicted molar refractivity (Wildman–Crippen MR) is 124 cm³/mol. The number of carbonyl (C=O) groups excluding carboxylic acids is 2. The first kappa shape index (κ1) is 22.5. The van der Waals surface area contributed by atoms with Gasteiger partial charge in [-0.25, -0.2) is 0 Å². The van der Waals surface area contributed by atoms with E-state index in [0.717, 1.165) is 28.6 Å². The van der Waals surface area contributed by atoms with Gasteiger partial charge < -0.3 is 24.3 Å². The van der Waals surface area contributed by atoms with Gasteiger partial charge in [-0.2, -0.15) is 0 Å². The Morgan fingerprint density at radius 1 is 1.27 bits per heavy atom. The summed E-state index contributed by atoms with van der Waals surface area (Å²) >= 11 is 3.64. The number of Topliss-reactive ketones (excluding diaryl/α,β-unsaturated/α-hetero) is 1. The summed E-state index contributed by atoms with van der Waals surface area (Å²) in [6.07, 6.45) is 2.87. The van der Waals surface area contributed by atoms with Gasteiger partial charge in [0.15, 0.2) is 17.3 Å². The summed E-state index contributed by atoms with van der Waals surface area (Å²) in [4.78, 5) is 26.9. The quantitative estimate of drug-likeness (QED) is 0.594. The number of benzene rings is 1. The molecule has 3 atom stereocenters. The van der Waals surface area contributed by atoms with Crippen LogP contribution in [0, 0.1) is 11.3 Å². The molecule has 0 bridgehead atoms. The smallest absolute Gasteiger partial charge is 0.315 e. The number of carbonyl (C=O) groups is 2. The van der Waals surface area contributed by atoms with E-state index in [1.165, 1.54) is 0 Å². The fourth-order valence-corrected chi connectivity index (χ4v) is 5.84. The van der Waals surface area contributed by atoms with Gasteiger partial charge in [0.25, 0.3) is 0 Å². The number of hydrogen-bond acceptors (Lipinski definition) is 7. The number of ether oxygens (including phenoxy) is 4. The zero-order chi connectivity index (χ0) is 23.3. The van der Waals surface area contributed by atoms with Crippen LogP contribution in [-0.2, 0) is 19.1 Å². The fraction of sp³-hybridized carbons (Fsp3) is 0.520.